The van der Waals surface area contributed by atoms with Gasteiger partial charge in [-0.15, -0.1) is 0 Å². The van der Waals surface area contributed by atoms with Gasteiger partial charge in [-0.25, -0.2) is 4.39 Å². The van der Waals surface area contributed by atoms with Crippen LogP contribution in [-0.2, 0) is 22.6 Å². The first-order valence-corrected chi connectivity index (χ1v) is 8.82. The Balaban J connectivity index is 1.73. The minimum Gasteiger partial charge on any atom is -0.368 e. The third kappa shape index (κ3) is 4.52. The third-order valence-electron chi connectivity index (χ3n) is 4.63. The van der Waals surface area contributed by atoms with E-state index in [0.29, 0.717) is 29.7 Å². The predicted octanol–water partition coefficient (Wildman–Crippen LogP) is 1.21. The number of primary amides is 1. The van der Waals surface area contributed by atoms with Gasteiger partial charge in [-0.2, -0.15) is 0 Å². The van der Waals surface area contributed by atoms with Crippen molar-refractivity contribution in [2.45, 2.75) is 31.3 Å². The predicted molar refractivity (Wildman–Crippen MR) is 102 cm³/mol. The fourth-order valence-electron chi connectivity index (χ4n) is 2.85. The Kier molecular flexibility index (Phi) is 5.41. The molecule has 8 heteroatoms. The van der Waals surface area contributed by atoms with Gasteiger partial charge in [0.25, 0.3) is 5.91 Å². The van der Waals surface area contributed by atoms with Crippen molar-refractivity contribution in [1.29, 1.82) is 0 Å². The van der Waals surface area contributed by atoms with Crippen molar-refractivity contribution < 1.29 is 18.8 Å². The van der Waals surface area contributed by atoms with Crippen LogP contribution in [0.5, 0.6) is 0 Å². The molecule has 0 unspecified atom stereocenters. The van der Waals surface area contributed by atoms with E-state index in [0.717, 1.165) is 0 Å². The summed E-state index contributed by atoms with van der Waals surface area (Å²) in [7, 11) is 0. The molecule has 0 saturated heterocycles. The molecule has 1 saturated carbocycles. The lowest BCUT2D eigenvalue weighted by atomic mass is 10.1. The fraction of sp³-hybridized carbons (Fsp3) is 0.250. The average molecular weight is 384 g/mol. The number of nitrogens with one attached hydrogen (secondary N) is 2. The maximum absolute atomic E-state index is 13.0. The van der Waals surface area contributed by atoms with Crippen LogP contribution in [0.3, 0.4) is 0 Å². The minimum atomic E-state index is -0.984. The molecule has 0 aliphatic heterocycles. The van der Waals surface area contributed by atoms with E-state index in [1.54, 1.807) is 12.1 Å². The Bertz CT molecular complexity index is 924. The van der Waals surface area contributed by atoms with Gasteiger partial charge in [0.1, 0.15) is 11.4 Å². The van der Waals surface area contributed by atoms with Gasteiger partial charge in [-0.1, -0.05) is 12.1 Å². The summed E-state index contributed by atoms with van der Waals surface area (Å²) in [6, 6.07) is 10.4. The Morgan fingerprint density at radius 1 is 1.04 bits per heavy atom. The molecule has 0 aromatic heterocycles. The minimum absolute atomic E-state index is 0.0550. The lowest BCUT2D eigenvalue weighted by Gasteiger charge is -2.15. The van der Waals surface area contributed by atoms with E-state index in [9.17, 15) is 18.8 Å². The first-order chi connectivity index (χ1) is 13.3. The number of benzene rings is 2. The average Bonchev–Trinajstić information content (AvgIpc) is 3.44. The van der Waals surface area contributed by atoms with Crippen LogP contribution in [0, 0.1) is 5.82 Å². The van der Waals surface area contributed by atoms with Crippen molar-refractivity contribution >= 4 is 23.4 Å². The zero-order valence-electron chi connectivity index (χ0n) is 15.1. The van der Waals surface area contributed by atoms with Gasteiger partial charge in [0.2, 0.25) is 11.8 Å². The molecule has 1 fully saturated rings. The van der Waals surface area contributed by atoms with Crippen molar-refractivity contribution in [2.24, 2.45) is 11.5 Å². The van der Waals surface area contributed by atoms with Gasteiger partial charge in [-0.3, -0.25) is 14.4 Å². The molecule has 28 heavy (non-hydrogen) atoms. The molecule has 0 bridgehead atoms. The number of carbonyl (C=O) groups is 3. The van der Waals surface area contributed by atoms with E-state index in [4.69, 9.17) is 11.5 Å². The summed E-state index contributed by atoms with van der Waals surface area (Å²) >= 11 is 0. The number of rotatable bonds is 7. The van der Waals surface area contributed by atoms with Crippen molar-refractivity contribution in [1.82, 2.24) is 5.32 Å². The smallest absolute Gasteiger partial charge is 0.252 e. The van der Waals surface area contributed by atoms with Crippen molar-refractivity contribution in [3.63, 3.8) is 0 Å². The highest BCUT2D eigenvalue weighted by Crippen LogP contribution is 2.35. The summed E-state index contributed by atoms with van der Waals surface area (Å²) in [5.41, 5.74) is 12.0. The summed E-state index contributed by atoms with van der Waals surface area (Å²) in [5, 5.41) is 5.37. The van der Waals surface area contributed by atoms with Crippen LogP contribution in [0.1, 0.15) is 34.3 Å². The van der Waals surface area contributed by atoms with Gasteiger partial charge < -0.3 is 22.1 Å². The summed E-state index contributed by atoms with van der Waals surface area (Å²) in [6.07, 6.45) is 1.07. The van der Waals surface area contributed by atoms with Crippen LogP contribution in [0.4, 0.5) is 10.1 Å². The van der Waals surface area contributed by atoms with Crippen LogP contribution >= 0.6 is 0 Å². The second kappa shape index (κ2) is 7.77. The zero-order valence-corrected chi connectivity index (χ0v) is 15.1. The molecule has 6 N–H and O–H groups in total. The zero-order chi connectivity index (χ0) is 20.3. The lowest BCUT2D eigenvalue weighted by molar-refractivity contribution is -0.120. The van der Waals surface area contributed by atoms with E-state index >= 15 is 0 Å². The first-order valence-electron chi connectivity index (χ1n) is 8.82. The van der Waals surface area contributed by atoms with Gasteiger partial charge in [0, 0.05) is 17.8 Å². The third-order valence-corrected chi connectivity index (χ3v) is 4.63. The second-order valence-electron chi connectivity index (χ2n) is 6.87. The number of halogens is 1. The van der Waals surface area contributed by atoms with Crippen LogP contribution in [0.2, 0.25) is 0 Å². The number of anilines is 1. The molecular weight excluding hydrogens is 363 g/mol. The van der Waals surface area contributed by atoms with Crippen molar-refractivity contribution in [3.8, 4) is 0 Å². The summed E-state index contributed by atoms with van der Waals surface area (Å²) in [4.78, 5) is 36.3. The quantitative estimate of drug-likeness (QED) is 0.572. The standard InChI is InChI=1S/C20H21FN4O3/c21-15-3-1-12(2-4-15)9-17(26)24-16-8-13(11-22)7-14(10-16)18(27)25-20(5-6-20)19(23)28/h1-4,7-8,10H,5-6,9,11,22H2,(H2,23,28)(H,24,26)(H,25,27). The second-order valence-corrected chi connectivity index (χ2v) is 6.87. The maximum atomic E-state index is 13.0. The number of hydrogen-bond acceptors (Lipinski definition) is 4. The molecule has 2 aromatic rings. The molecule has 3 rings (SSSR count). The molecule has 146 valence electrons. The summed E-state index contributed by atoms with van der Waals surface area (Å²) in [5.74, 6) is -1.72. The molecule has 0 spiro atoms. The van der Waals surface area contributed by atoms with Gasteiger partial charge in [-0.05, 0) is 54.3 Å². The summed E-state index contributed by atoms with van der Waals surface area (Å²) < 4.78 is 13.0. The first kappa shape index (κ1) is 19.5. The van der Waals surface area contributed by atoms with E-state index in [1.807, 2.05) is 0 Å². The molecule has 3 amide bonds. The molecule has 0 radical (unpaired) electrons. The highest BCUT2D eigenvalue weighted by molar-refractivity contribution is 6.01. The maximum Gasteiger partial charge on any atom is 0.252 e. The van der Waals surface area contributed by atoms with Crippen LogP contribution in [0.15, 0.2) is 42.5 Å². The highest BCUT2D eigenvalue weighted by Gasteiger charge is 2.49. The normalized spacial score (nSPS) is 14.2. The molecule has 0 atom stereocenters. The monoisotopic (exact) mass is 384 g/mol. The molecule has 1 aliphatic carbocycles. The van der Waals surface area contributed by atoms with Crippen LogP contribution in [0.25, 0.3) is 0 Å². The molecule has 2 aromatic carbocycles. The topological polar surface area (TPSA) is 127 Å². The Labute approximate surface area is 161 Å². The number of nitrogens with two attached hydrogens (primary N) is 2. The number of hydrogen-bond donors (Lipinski definition) is 4. The van der Waals surface area contributed by atoms with Gasteiger partial charge in [0.05, 0.1) is 6.42 Å². The Hall–Kier alpha value is -3.26. The van der Waals surface area contributed by atoms with E-state index in [1.165, 1.54) is 30.3 Å². The van der Waals surface area contributed by atoms with Gasteiger partial charge >= 0.3 is 0 Å². The van der Waals surface area contributed by atoms with E-state index < -0.39 is 17.4 Å². The molecule has 7 nitrogen and oxygen atoms in total. The Morgan fingerprint density at radius 3 is 2.29 bits per heavy atom. The van der Waals surface area contributed by atoms with Gasteiger partial charge in [0.15, 0.2) is 0 Å². The summed E-state index contributed by atoms with van der Waals surface area (Å²) in [6.45, 7) is 0.170. The molecule has 1 aliphatic rings. The fourth-order valence-corrected chi connectivity index (χ4v) is 2.85. The highest BCUT2D eigenvalue weighted by atomic mass is 19.1. The van der Waals surface area contributed by atoms with E-state index in [-0.39, 0.29) is 30.3 Å². The number of carbonyl (C=O) groups excluding carboxylic acids is 3. The Morgan fingerprint density at radius 2 is 1.71 bits per heavy atom. The van der Waals surface area contributed by atoms with Crippen molar-refractivity contribution in [2.75, 3.05) is 5.32 Å². The largest absolute Gasteiger partial charge is 0.368 e. The van der Waals surface area contributed by atoms with Crippen LogP contribution < -0.4 is 22.1 Å². The SMILES string of the molecule is NCc1cc(NC(=O)Cc2ccc(F)cc2)cc(C(=O)NC2(C(N)=O)CC2)c1. The van der Waals surface area contributed by atoms with Crippen LogP contribution in [-0.4, -0.2) is 23.3 Å². The molecular formula is C20H21FN4O3. The van der Waals surface area contributed by atoms with Crippen molar-refractivity contribution in [3.05, 3.63) is 65.0 Å². The van der Waals surface area contributed by atoms with E-state index in [2.05, 4.69) is 10.6 Å². The lowest BCUT2D eigenvalue weighted by Crippen LogP contribution is -2.46. The number of amides is 3. The molecule has 0 heterocycles.